The van der Waals surface area contributed by atoms with E-state index in [1.165, 1.54) is 53.9 Å². The summed E-state index contributed by atoms with van der Waals surface area (Å²) in [6, 6.07) is 33.5. The Hall–Kier alpha value is -3.64. The van der Waals surface area contributed by atoms with Gasteiger partial charge in [0, 0.05) is 0 Å². The van der Waals surface area contributed by atoms with Gasteiger partial charge in [0.1, 0.15) is 0 Å². The molecular formula is C28H18. The van der Waals surface area contributed by atoms with Gasteiger partial charge in [-0.25, -0.2) is 0 Å². The van der Waals surface area contributed by atoms with Gasteiger partial charge < -0.3 is 0 Å². The molecule has 0 aliphatic rings. The van der Waals surface area contributed by atoms with Crippen LogP contribution in [0.2, 0.25) is 0 Å². The highest BCUT2D eigenvalue weighted by molar-refractivity contribution is 6.10. The Balaban J connectivity index is 1.67. The summed E-state index contributed by atoms with van der Waals surface area (Å²) in [5, 5.41) is 12.8. The molecule has 0 nitrogen and oxygen atoms in total. The molecule has 0 bridgehead atoms. The van der Waals surface area contributed by atoms with Crippen LogP contribution in [0.4, 0.5) is 0 Å². The first-order chi connectivity index (χ1) is 13.8. The summed E-state index contributed by atoms with van der Waals surface area (Å²) in [7, 11) is 0. The van der Waals surface area contributed by atoms with E-state index in [0.29, 0.717) is 0 Å². The van der Waals surface area contributed by atoms with Crippen molar-refractivity contribution < 1.29 is 0 Å². The highest BCUT2D eigenvalue weighted by Crippen LogP contribution is 2.32. The van der Waals surface area contributed by atoms with Crippen LogP contribution >= 0.6 is 0 Å². The maximum Gasteiger partial charge on any atom is -0.0171 e. The average Bonchev–Trinajstić information content (AvgIpc) is 2.73. The summed E-state index contributed by atoms with van der Waals surface area (Å²) in [5.74, 6) is 0. The van der Waals surface area contributed by atoms with Crippen LogP contribution < -0.4 is 0 Å². The Morgan fingerprint density at radius 3 is 1.18 bits per heavy atom. The van der Waals surface area contributed by atoms with Crippen molar-refractivity contribution in [3.8, 4) is 0 Å². The maximum absolute atomic E-state index is 3.89. The largest absolute Gasteiger partial charge is 0.0985 e. The van der Waals surface area contributed by atoms with Crippen LogP contribution in [0.5, 0.6) is 0 Å². The zero-order chi connectivity index (χ0) is 18.7. The minimum Gasteiger partial charge on any atom is -0.0985 e. The van der Waals surface area contributed by atoms with Crippen LogP contribution in [-0.2, 0) is 0 Å². The Morgan fingerprint density at radius 2 is 0.750 bits per heavy atom. The summed E-state index contributed by atoms with van der Waals surface area (Å²) < 4.78 is 0. The summed E-state index contributed by atoms with van der Waals surface area (Å²) in [5.41, 5.74) is 1.16. The second-order valence-electron chi connectivity index (χ2n) is 7.61. The van der Waals surface area contributed by atoms with Crippen LogP contribution in [0.3, 0.4) is 0 Å². The smallest absolute Gasteiger partial charge is 0.0171 e. The van der Waals surface area contributed by atoms with Gasteiger partial charge in [0.2, 0.25) is 0 Å². The van der Waals surface area contributed by atoms with E-state index in [4.69, 9.17) is 0 Å². The van der Waals surface area contributed by atoms with Crippen LogP contribution in [-0.4, -0.2) is 0 Å². The first-order valence-corrected chi connectivity index (χ1v) is 9.63. The molecule has 6 rings (SSSR count). The molecule has 0 aromatic heterocycles. The maximum atomic E-state index is 3.89. The van der Waals surface area contributed by atoms with Gasteiger partial charge in [-0.2, -0.15) is 0 Å². The third kappa shape index (κ3) is 2.32. The molecule has 0 spiro atoms. The SMILES string of the molecule is C=Cc1ccc2cc3cc4cc5cc6ccccc6cc5cc4cc3cc2c1. The molecule has 0 atom stereocenters. The number of hydrogen-bond acceptors (Lipinski definition) is 0. The molecule has 0 aliphatic carbocycles. The monoisotopic (exact) mass is 354 g/mol. The molecule has 6 aromatic carbocycles. The second kappa shape index (κ2) is 5.68. The van der Waals surface area contributed by atoms with Crippen LogP contribution in [0.25, 0.3) is 59.9 Å². The summed E-state index contributed by atoms with van der Waals surface area (Å²) in [6.07, 6.45) is 1.90. The predicted octanol–water partition coefficient (Wildman–Crippen LogP) is 8.10. The van der Waals surface area contributed by atoms with E-state index < -0.39 is 0 Å². The van der Waals surface area contributed by atoms with E-state index in [1.807, 2.05) is 6.08 Å². The fourth-order valence-electron chi connectivity index (χ4n) is 4.34. The van der Waals surface area contributed by atoms with Crippen LogP contribution in [0, 0.1) is 0 Å². The zero-order valence-electron chi connectivity index (χ0n) is 15.4. The van der Waals surface area contributed by atoms with Gasteiger partial charge in [-0.3, -0.25) is 0 Å². The van der Waals surface area contributed by atoms with Crippen molar-refractivity contribution in [2.75, 3.05) is 0 Å². The number of benzene rings is 6. The van der Waals surface area contributed by atoms with E-state index in [1.54, 1.807) is 0 Å². The fourth-order valence-corrected chi connectivity index (χ4v) is 4.34. The normalized spacial score (nSPS) is 11.7. The molecule has 0 unspecified atom stereocenters. The lowest BCUT2D eigenvalue weighted by Gasteiger charge is -2.08. The fraction of sp³-hybridized carbons (Fsp3) is 0. The van der Waals surface area contributed by atoms with Crippen molar-refractivity contribution in [2.45, 2.75) is 0 Å². The molecule has 0 heterocycles. The summed E-state index contributed by atoms with van der Waals surface area (Å²) in [4.78, 5) is 0. The van der Waals surface area contributed by atoms with Crippen molar-refractivity contribution in [2.24, 2.45) is 0 Å². The van der Waals surface area contributed by atoms with Gasteiger partial charge >= 0.3 is 0 Å². The Labute approximate surface area is 163 Å². The molecule has 0 amide bonds. The highest BCUT2D eigenvalue weighted by Gasteiger charge is 2.05. The summed E-state index contributed by atoms with van der Waals surface area (Å²) in [6.45, 7) is 3.89. The Kier molecular flexibility index (Phi) is 3.13. The van der Waals surface area contributed by atoms with Crippen molar-refractivity contribution >= 4 is 59.9 Å². The quantitative estimate of drug-likeness (QED) is 0.262. The minimum atomic E-state index is 1.16. The molecule has 0 heteroatoms. The lowest BCUT2D eigenvalue weighted by atomic mass is 9.96. The van der Waals surface area contributed by atoms with E-state index >= 15 is 0 Å². The molecule has 6 aromatic rings. The minimum absolute atomic E-state index is 1.16. The number of fused-ring (bicyclic) bond motifs is 5. The predicted molar refractivity (Wildman–Crippen MR) is 124 cm³/mol. The first-order valence-electron chi connectivity index (χ1n) is 9.63. The van der Waals surface area contributed by atoms with Crippen LogP contribution in [0.15, 0.2) is 97.6 Å². The van der Waals surface area contributed by atoms with Gasteiger partial charge in [-0.05, 0) is 114 Å². The topological polar surface area (TPSA) is 0 Å². The van der Waals surface area contributed by atoms with Gasteiger partial charge in [0.15, 0.2) is 0 Å². The van der Waals surface area contributed by atoms with E-state index in [9.17, 15) is 0 Å². The van der Waals surface area contributed by atoms with Crippen LogP contribution in [0.1, 0.15) is 5.56 Å². The number of hydrogen-bond donors (Lipinski definition) is 0. The van der Waals surface area contributed by atoms with Crippen molar-refractivity contribution in [3.05, 3.63) is 103 Å². The van der Waals surface area contributed by atoms with E-state index in [0.717, 1.165) is 5.56 Å². The Bertz CT molecular complexity index is 1570. The number of rotatable bonds is 1. The molecule has 130 valence electrons. The molecule has 28 heavy (non-hydrogen) atoms. The average molecular weight is 354 g/mol. The van der Waals surface area contributed by atoms with Crippen molar-refractivity contribution in [3.63, 3.8) is 0 Å². The van der Waals surface area contributed by atoms with E-state index in [-0.39, 0.29) is 0 Å². The molecule has 0 N–H and O–H groups in total. The highest BCUT2D eigenvalue weighted by atomic mass is 14.1. The third-order valence-electron chi connectivity index (χ3n) is 5.83. The third-order valence-corrected chi connectivity index (χ3v) is 5.83. The molecular weight excluding hydrogens is 336 g/mol. The molecule has 0 fully saturated rings. The summed E-state index contributed by atoms with van der Waals surface area (Å²) >= 11 is 0. The van der Waals surface area contributed by atoms with E-state index in [2.05, 4.69) is 97.6 Å². The van der Waals surface area contributed by atoms with Crippen molar-refractivity contribution in [1.82, 2.24) is 0 Å². The molecule has 0 aliphatic heterocycles. The molecule has 0 radical (unpaired) electrons. The standard InChI is InChI=1S/C28H18/c1-2-18-7-8-21-12-25-16-27-14-23-10-19-5-3-4-6-20(19)11-24(23)15-28(27)17-26(25)13-22(21)9-18/h2-17H,1H2. The molecule has 0 saturated carbocycles. The molecule has 0 saturated heterocycles. The van der Waals surface area contributed by atoms with Gasteiger partial charge in [0.25, 0.3) is 0 Å². The lowest BCUT2D eigenvalue weighted by molar-refractivity contribution is 1.74. The zero-order valence-corrected chi connectivity index (χ0v) is 15.4. The van der Waals surface area contributed by atoms with Gasteiger partial charge in [-0.15, -0.1) is 0 Å². The lowest BCUT2D eigenvalue weighted by Crippen LogP contribution is -1.82. The Morgan fingerprint density at radius 1 is 0.393 bits per heavy atom. The van der Waals surface area contributed by atoms with Gasteiger partial charge in [-0.1, -0.05) is 49.1 Å². The van der Waals surface area contributed by atoms with Crippen molar-refractivity contribution in [1.29, 1.82) is 0 Å². The second-order valence-corrected chi connectivity index (χ2v) is 7.61. The first kappa shape index (κ1) is 15.4. The van der Waals surface area contributed by atoms with Gasteiger partial charge in [0.05, 0.1) is 0 Å².